The largest absolute Gasteiger partial charge is 0.288 e. The minimum atomic E-state index is -0.439. The Balaban J connectivity index is 0.000000826. The summed E-state index contributed by atoms with van der Waals surface area (Å²) in [6.07, 6.45) is 0. The molecule has 2 aliphatic heterocycles. The first kappa shape index (κ1) is 28.0. The molecule has 0 unspecified atom stereocenters. The summed E-state index contributed by atoms with van der Waals surface area (Å²) in [5.41, 5.74) is 7.24. The lowest BCUT2D eigenvalue weighted by Gasteiger charge is -2.29. The maximum absolute atomic E-state index is 13.6. The number of fused-ring (bicyclic) bond motifs is 2. The molecule has 0 saturated heterocycles. The standard InChI is InChI=1S/C29H26N2O4.C4H10/c1-14-11-15(2)24(16(3)23(14)29(4,5)6)31-27(34)20-10-8-18(13-22(20)28(31)35)17-7-9-19-21(12-17)26(33)30-25(19)32;1-4(2)3/h7-13H,1-6H3,(H,30,32,33);4H,1-3H3. The average molecular weight is 525 g/mol. The first-order chi connectivity index (χ1) is 18.1. The minimum Gasteiger partial charge on any atom is -0.288 e. The molecule has 0 radical (unpaired) electrons. The number of hydrogen-bond acceptors (Lipinski definition) is 4. The van der Waals surface area contributed by atoms with Gasteiger partial charge in [-0.3, -0.25) is 24.5 Å². The first-order valence-corrected chi connectivity index (χ1v) is 13.3. The van der Waals surface area contributed by atoms with Gasteiger partial charge in [0.05, 0.1) is 27.9 Å². The zero-order chi connectivity index (χ0) is 29.0. The van der Waals surface area contributed by atoms with E-state index in [1.165, 1.54) is 4.90 Å². The van der Waals surface area contributed by atoms with E-state index in [9.17, 15) is 19.2 Å². The summed E-state index contributed by atoms with van der Waals surface area (Å²) in [4.78, 5) is 52.3. The van der Waals surface area contributed by atoms with Gasteiger partial charge < -0.3 is 0 Å². The van der Waals surface area contributed by atoms with Crippen LogP contribution < -0.4 is 10.2 Å². The van der Waals surface area contributed by atoms with E-state index in [2.05, 4.69) is 53.8 Å². The van der Waals surface area contributed by atoms with Gasteiger partial charge in [0.1, 0.15) is 0 Å². The summed E-state index contributed by atoms with van der Waals surface area (Å²) in [7, 11) is 0. The number of carbonyl (C=O) groups is 4. The summed E-state index contributed by atoms with van der Waals surface area (Å²) in [5, 5.41) is 2.29. The number of carbonyl (C=O) groups excluding carboxylic acids is 4. The molecule has 2 aliphatic rings. The van der Waals surface area contributed by atoms with Gasteiger partial charge in [0.15, 0.2) is 0 Å². The van der Waals surface area contributed by atoms with Crippen LogP contribution in [0.1, 0.15) is 105 Å². The van der Waals surface area contributed by atoms with Crippen LogP contribution in [0.3, 0.4) is 0 Å². The van der Waals surface area contributed by atoms with E-state index in [1.54, 1.807) is 36.4 Å². The third-order valence-corrected chi connectivity index (χ3v) is 6.86. The van der Waals surface area contributed by atoms with Gasteiger partial charge in [0.25, 0.3) is 23.6 Å². The Hall–Kier alpha value is -4.06. The van der Waals surface area contributed by atoms with Crippen LogP contribution in [0.2, 0.25) is 0 Å². The number of rotatable bonds is 2. The minimum absolute atomic E-state index is 0.149. The fourth-order valence-electron chi connectivity index (χ4n) is 5.64. The van der Waals surface area contributed by atoms with Crippen molar-refractivity contribution in [2.24, 2.45) is 5.92 Å². The van der Waals surface area contributed by atoms with E-state index >= 15 is 0 Å². The summed E-state index contributed by atoms with van der Waals surface area (Å²) >= 11 is 0. The summed E-state index contributed by atoms with van der Waals surface area (Å²) in [6.45, 7) is 18.8. The fraction of sp³-hybridized carbons (Fsp3) is 0.333. The van der Waals surface area contributed by atoms with Gasteiger partial charge in [0.2, 0.25) is 0 Å². The first-order valence-electron chi connectivity index (χ1n) is 13.3. The highest BCUT2D eigenvalue weighted by Gasteiger charge is 2.39. The Morgan fingerprint density at radius 3 is 1.72 bits per heavy atom. The lowest BCUT2D eigenvalue weighted by molar-refractivity contribution is 0.0874. The average Bonchev–Trinajstić information content (AvgIpc) is 3.24. The molecule has 202 valence electrons. The van der Waals surface area contributed by atoms with Crippen LogP contribution in [0.4, 0.5) is 5.69 Å². The van der Waals surface area contributed by atoms with Crippen LogP contribution in [0.5, 0.6) is 0 Å². The number of amides is 4. The highest BCUT2D eigenvalue weighted by Crippen LogP contribution is 2.40. The zero-order valence-electron chi connectivity index (χ0n) is 24.2. The topological polar surface area (TPSA) is 83.6 Å². The van der Waals surface area contributed by atoms with Crippen molar-refractivity contribution in [2.45, 2.75) is 67.7 Å². The maximum atomic E-state index is 13.6. The molecule has 0 atom stereocenters. The Morgan fingerprint density at radius 2 is 1.15 bits per heavy atom. The van der Waals surface area contributed by atoms with Gasteiger partial charge >= 0.3 is 0 Å². The molecular weight excluding hydrogens is 488 g/mol. The van der Waals surface area contributed by atoms with Crippen molar-refractivity contribution in [1.82, 2.24) is 5.32 Å². The number of nitrogens with one attached hydrogen (secondary N) is 1. The lowest BCUT2D eigenvalue weighted by Crippen LogP contribution is -2.32. The van der Waals surface area contributed by atoms with Crippen LogP contribution in [0.25, 0.3) is 11.1 Å². The second kappa shape index (κ2) is 9.92. The van der Waals surface area contributed by atoms with Crippen molar-refractivity contribution in [1.29, 1.82) is 0 Å². The van der Waals surface area contributed by atoms with Crippen LogP contribution in [-0.4, -0.2) is 23.6 Å². The molecule has 0 fully saturated rings. The van der Waals surface area contributed by atoms with Crippen molar-refractivity contribution in [3.63, 3.8) is 0 Å². The van der Waals surface area contributed by atoms with E-state index in [-0.39, 0.29) is 17.2 Å². The van der Waals surface area contributed by atoms with Crippen LogP contribution in [0, 0.1) is 26.7 Å². The van der Waals surface area contributed by atoms with Gasteiger partial charge in [-0.25, -0.2) is 4.90 Å². The van der Waals surface area contributed by atoms with Crippen molar-refractivity contribution in [3.8, 4) is 11.1 Å². The molecule has 0 aliphatic carbocycles. The molecule has 0 spiro atoms. The molecule has 3 aromatic rings. The van der Waals surface area contributed by atoms with Gasteiger partial charge in [0, 0.05) is 0 Å². The van der Waals surface area contributed by atoms with Gasteiger partial charge in [-0.1, -0.05) is 59.7 Å². The zero-order valence-corrected chi connectivity index (χ0v) is 24.2. The summed E-state index contributed by atoms with van der Waals surface area (Å²) in [6, 6.07) is 12.1. The molecule has 3 aromatic carbocycles. The molecule has 6 heteroatoms. The summed E-state index contributed by atoms with van der Waals surface area (Å²) in [5.74, 6) is -0.730. The van der Waals surface area contributed by atoms with Crippen molar-refractivity contribution < 1.29 is 19.2 Å². The van der Waals surface area contributed by atoms with E-state index < -0.39 is 11.8 Å². The molecule has 0 bridgehead atoms. The predicted molar refractivity (Wildman–Crippen MR) is 155 cm³/mol. The highest BCUT2D eigenvalue weighted by molar-refractivity contribution is 6.35. The number of hydrogen-bond donors (Lipinski definition) is 1. The second-order valence-corrected chi connectivity index (χ2v) is 12.1. The maximum Gasteiger partial charge on any atom is 0.266 e. The Morgan fingerprint density at radius 1 is 0.667 bits per heavy atom. The number of aryl methyl sites for hydroxylation is 2. The fourth-order valence-corrected chi connectivity index (χ4v) is 5.64. The Labute approximate surface area is 230 Å². The van der Waals surface area contributed by atoms with Crippen molar-refractivity contribution in [3.05, 3.63) is 87.0 Å². The normalized spacial score (nSPS) is 14.4. The monoisotopic (exact) mass is 524 g/mol. The van der Waals surface area contributed by atoms with Crippen LogP contribution >= 0.6 is 0 Å². The van der Waals surface area contributed by atoms with Crippen molar-refractivity contribution >= 4 is 29.3 Å². The molecule has 0 aromatic heterocycles. The smallest absolute Gasteiger partial charge is 0.266 e. The molecule has 6 nitrogen and oxygen atoms in total. The molecule has 1 N–H and O–H groups in total. The molecular formula is C33H36N2O4. The van der Waals surface area contributed by atoms with E-state index in [1.807, 2.05) is 19.9 Å². The lowest BCUT2D eigenvalue weighted by atomic mass is 9.79. The van der Waals surface area contributed by atoms with E-state index in [0.29, 0.717) is 39.1 Å². The number of nitrogens with zero attached hydrogens (tertiary/aromatic N) is 1. The SMILES string of the molecule is CC(C)C.Cc1cc(C)c(C(C)(C)C)c(C)c1N1C(=O)c2ccc(-c3ccc4c(c3)C(=O)NC4=O)cc2C1=O. The number of benzene rings is 3. The van der Waals surface area contributed by atoms with E-state index in [0.717, 1.165) is 28.2 Å². The molecule has 4 amide bonds. The third kappa shape index (κ3) is 4.91. The molecule has 2 heterocycles. The third-order valence-electron chi connectivity index (χ3n) is 6.86. The molecule has 0 saturated carbocycles. The quantitative estimate of drug-likeness (QED) is 0.369. The Kier molecular flexibility index (Phi) is 7.11. The van der Waals surface area contributed by atoms with Gasteiger partial charge in [-0.15, -0.1) is 0 Å². The second-order valence-electron chi connectivity index (χ2n) is 12.1. The van der Waals surface area contributed by atoms with Crippen LogP contribution in [0.15, 0.2) is 42.5 Å². The number of imide groups is 2. The van der Waals surface area contributed by atoms with Crippen LogP contribution in [-0.2, 0) is 5.41 Å². The predicted octanol–water partition coefficient (Wildman–Crippen LogP) is 6.92. The summed E-state index contributed by atoms with van der Waals surface area (Å²) < 4.78 is 0. The van der Waals surface area contributed by atoms with Gasteiger partial charge in [-0.2, -0.15) is 0 Å². The molecule has 5 rings (SSSR count). The molecule has 39 heavy (non-hydrogen) atoms. The van der Waals surface area contributed by atoms with Gasteiger partial charge in [-0.05, 0) is 89.8 Å². The highest BCUT2D eigenvalue weighted by atomic mass is 16.2. The number of anilines is 1. The van der Waals surface area contributed by atoms with E-state index in [4.69, 9.17) is 0 Å². The van der Waals surface area contributed by atoms with Crippen molar-refractivity contribution in [2.75, 3.05) is 4.90 Å². The Bertz CT molecular complexity index is 1550.